The highest BCUT2D eigenvalue weighted by atomic mass is 32.1. The van der Waals surface area contributed by atoms with Crippen LogP contribution >= 0.6 is 11.3 Å². The molecule has 0 radical (unpaired) electrons. The zero-order valence-corrected chi connectivity index (χ0v) is 15.4. The SMILES string of the molecule is O=C(Cn1cccc(C(F)(F)F)c1=O)N1CCN(CCc2cccs2)CC1. The number of hydrogen-bond donors (Lipinski definition) is 0. The first kappa shape index (κ1) is 19.6. The number of alkyl halides is 3. The first-order chi connectivity index (χ1) is 12.8. The number of thiophene rings is 1. The van der Waals surface area contributed by atoms with Crippen LogP contribution in [-0.4, -0.2) is 53.0 Å². The molecule has 0 atom stereocenters. The molecule has 0 N–H and O–H groups in total. The third kappa shape index (κ3) is 4.98. The van der Waals surface area contributed by atoms with Crippen LogP contribution in [0.25, 0.3) is 0 Å². The van der Waals surface area contributed by atoms with Gasteiger partial charge in [0.1, 0.15) is 12.1 Å². The van der Waals surface area contributed by atoms with E-state index < -0.39 is 17.3 Å². The topological polar surface area (TPSA) is 45.6 Å². The molecule has 146 valence electrons. The van der Waals surface area contributed by atoms with Crippen LogP contribution in [0.2, 0.25) is 0 Å². The molecule has 0 saturated carbocycles. The van der Waals surface area contributed by atoms with E-state index in [2.05, 4.69) is 11.0 Å². The first-order valence-electron chi connectivity index (χ1n) is 8.64. The summed E-state index contributed by atoms with van der Waals surface area (Å²) < 4.78 is 39.3. The van der Waals surface area contributed by atoms with Gasteiger partial charge in [0.15, 0.2) is 0 Å². The molecule has 0 unspecified atom stereocenters. The summed E-state index contributed by atoms with van der Waals surface area (Å²) >= 11 is 1.72. The minimum absolute atomic E-state index is 0.339. The van der Waals surface area contributed by atoms with E-state index in [0.29, 0.717) is 26.2 Å². The zero-order valence-electron chi connectivity index (χ0n) is 14.6. The van der Waals surface area contributed by atoms with Gasteiger partial charge in [-0.25, -0.2) is 0 Å². The predicted molar refractivity (Wildman–Crippen MR) is 96.7 cm³/mol. The van der Waals surface area contributed by atoms with E-state index >= 15 is 0 Å². The summed E-state index contributed by atoms with van der Waals surface area (Å²) in [7, 11) is 0. The molecule has 0 bridgehead atoms. The second kappa shape index (κ2) is 8.26. The summed E-state index contributed by atoms with van der Waals surface area (Å²) in [6.07, 6.45) is -2.55. The lowest BCUT2D eigenvalue weighted by molar-refractivity contribution is -0.140. The third-order valence-electron chi connectivity index (χ3n) is 4.61. The van der Waals surface area contributed by atoms with Crippen molar-refractivity contribution >= 4 is 17.2 Å². The Hall–Kier alpha value is -2.13. The van der Waals surface area contributed by atoms with Gasteiger partial charge in [0.2, 0.25) is 5.91 Å². The molecule has 3 rings (SSSR count). The Bertz CT molecular complexity index is 825. The molecule has 9 heteroatoms. The molecule has 1 aliphatic rings. The number of aromatic nitrogens is 1. The van der Waals surface area contributed by atoms with Gasteiger partial charge in [0, 0.05) is 43.8 Å². The second-order valence-electron chi connectivity index (χ2n) is 6.40. The summed E-state index contributed by atoms with van der Waals surface area (Å²) in [6, 6.07) is 5.99. The van der Waals surface area contributed by atoms with Gasteiger partial charge >= 0.3 is 6.18 Å². The molecule has 0 spiro atoms. The summed E-state index contributed by atoms with van der Waals surface area (Å²) in [5.41, 5.74) is -2.44. The van der Waals surface area contributed by atoms with Crippen LogP contribution in [0.5, 0.6) is 0 Å². The quantitative estimate of drug-likeness (QED) is 0.775. The average Bonchev–Trinajstić information content (AvgIpc) is 3.14. The molecule has 5 nitrogen and oxygen atoms in total. The van der Waals surface area contributed by atoms with Crippen molar-refractivity contribution in [3.05, 3.63) is 56.6 Å². The fourth-order valence-electron chi connectivity index (χ4n) is 3.07. The molecule has 0 aromatic carbocycles. The van der Waals surface area contributed by atoms with Crippen LogP contribution in [0.3, 0.4) is 0 Å². The van der Waals surface area contributed by atoms with Gasteiger partial charge in [-0.15, -0.1) is 11.3 Å². The molecule has 2 aromatic rings. The third-order valence-corrected chi connectivity index (χ3v) is 5.55. The van der Waals surface area contributed by atoms with E-state index in [4.69, 9.17) is 0 Å². The first-order valence-corrected chi connectivity index (χ1v) is 9.52. The summed E-state index contributed by atoms with van der Waals surface area (Å²) in [4.78, 5) is 29.5. The van der Waals surface area contributed by atoms with Crippen molar-refractivity contribution in [1.29, 1.82) is 0 Å². The number of carbonyl (C=O) groups excluding carboxylic acids is 1. The fourth-order valence-corrected chi connectivity index (χ4v) is 3.77. The van der Waals surface area contributed by atoms with Crippen molar-refractivity contribution in [3.8, 4) is 0 Å². The van der Waals surface area contributed by atoms with Crippen LogP contribution < -0.4 is 5.56 Å². The zero-order chi connectivity index (χ0) is 19.4. The van der Waals surface area contributed by atoms with Gasteiger partial charge in [-0.3, -0.25) is 14.5 Å². The largest absolute Gasteiger partial charge is 0.421 e. The molecule has 1 fully saturated rings. The summed E-state index contributed by atoms with van der Waals surface area (Å²) in [5.74, 6) is -0.339. The number of pyridine rings is 1. The Morgan fingerprint density at radius 2 is 1.85 bits per heavy atom. The van der Waals surface area contributed by atoms with Crippen LogP contribution in [0.1, 0.15) is 10.4 Å². The van der Waals surface area contributed by atoms with E-state index in [1.807, 2.05) is 11.4 Å². The monoisotopic (exact) mass is 399 g/mol. The molecule has 0 aliphatic carbocycles. The number of rotatable bonds is 5. The van der Waals surface area contributed by atoms with Gasteiger partial charge < -0.3 is 9.47 Å². The highest BCUT2D eigenvalue weighted by molar-refractivity contribution is 7.09. The second-order valence-corrected chi connectivity index (χ2v) is 7.44. The van der Waals surface area contributed by atoms with Crippen molar-refractivity contribution in [2.24, 2.45) is 0 Å². The molecule has 1 amide bonds. The van der Waals surface area contributed by atoms with E-state index in [9.17, 15) is 22.8 Å². The predicted octanol–water partition coefficient (Wildman–Crippen LogP) is 2.32. The number of amides is 1. The van der Waals surface area contributed by atoms with Crippen molar-refractivity contribution in [2.45, 2.75) is 19.1 Å². The van der Waals surface area contributed by atoms with Crippen LogP contribution in [-0.2, 0) is 23.9 Å². The lowest BCUT2D eigenvalue weighted by atomic mass is 10.2. The lowest BCUT2D eigenvalue weighted by Crippen LogP contribution is -2.50. The Balaban J connectivity index is 1.53. The van der Waals surface area contributed by atoms with E-state index in [-0.39, 0.29) is 12.5 Å². The molecular weight excluding hydrogens is 379 g/mol. The summed E-state index contributed by atoms with van der Waals surface area (Å²) in [6.45, 7) is 2.99. The van der Waals surface area contributed by atoms with Gasteiger partial charge in [-0.1, -0.05) is 6.07 Å². The Morgan fingerprint density at radius 1 is 1.11 bits per heavy atom. The van der Waals surface area contributed by atoms with E-state index in [1.165, 1.54) is 11.1 Å². The summed E-state index contributed by atoms with van der Waals surface area (Å²) in [5, 5.41) is 2.04. The van der Waals surface area contributed by atoms with Gasteiger partial charge in [-0.05, 0) is 30.0 Å². The molecule has 1 saturated heterocycles. The standard InChI is InChI=1S/C18H20F3N3O2S/c19-18(20,21)15-4-1-6-24(17(15)26)13-16(25)23-10-8-22(9-11-23)7-5-14-3-2-12-27-14/h1-4,6,12H,5,7-11,13H2. The number of piperazine rings is 1. The highest BCUT2D eigenvalue weighted by Gasteiger charge is 2.34. The average molecular weight is 399 g/mol. The lowest BCUT2D eigenvalue weighted by Gasteiger charge is -2.34. The fraction of sp³-hybridized carbons (Fsp3) is 0.444. The van der Waals surface area contributed by atoms with E-state index in [1.54, 1.807) is 16.2 Å². The normalized spacial score (nSPS) is 15.9. The number of halogens is 3. The molecule has 1 aliphatic heterocycles. The minimum atomic E-state index is -4.72. The maximum Gasteiger partial charge on any atom is 0.421 e. The minimum Gasteiger partial charge on any atom is -0.339 e. The van der Waals surface area contributed by atoms with Crippen LogP contribution in [0, 0.1) is 0 Å². The van der Waals surface area contributed by atoms with Crippen LogP contribution in [0.4, 0.5) is 13.2 Å². The smallest absolute Gasteiger partial charge is 0.339 e. The maximum atomic E-state index is 12.8. The molecule has 27 heavy (non-hydrogen) atoms. The van der Waals surface area contributed by atoms with Gasteiger partial charge in [0.05, 0.1) is 0 Å². The van der Waals surface area contributed by atoms with Gasteiger partial charge in [0.25, 0.3) is 5.56 Å². The van der Waals surface area contributed by atoms with Crippen LogP contribution in [0.15, 0.2) is 40.6 Å². The Labute approximate surface area is 158 Å². The van der Waals surface area contributed by atoms with E-state index in [0.717, 1.165) is 29.7 Å². The van der Waals surface area contributed by atoms with Crippen molar-refractivity contribution in [1.82, 2.24) is 14.4 Å². The molecule has 2 aromatic heterocycles. The number of nitrogens with zero attached hydrogens (tertiary/aromatic N) is 3. The highest BCUT2D eigenvalue weighted by Crippen LogP contribution is 2.26. The molecular formula is C18H20F3N3O2S. The number of hydrogen-bond acceptors (Lipinski definition) is 4. The molecule has 3 heterocycles. The van der Waals surface area contributed by atoms with Gasteiger partial charge in [-0.2, -0.15) is 13.2 Å². The number of carbonyl (C=O) groups is 1. The Kier molecular flexibility index (Phi) is 6.01. The van der Waals surface area contributed by atoms with Crippen molar-refractivity contribution < 1.29 is 18.0 Å². The maximum absolute atomic E-state index is 12.8. The van der Waals surface area contributed by atoms with Crippen molar-refractivity contribution in [3.63, 3.8) is 0 Å². The van der Waals surface area contributed by atoms with Crippen molar-refractivity contribution in [2.75, 3.05) is 32.7 Å². The Morgan fingerprint density at radius 3 is 2.48 bits per heavy atom.